The summed E-state index contributed by atoms with van der Waals surface area (Å²) >= 11 is 1.10. The molecule has 2 heterocycles. The van der Waals surface area contributed by atoms with Crippen molar-refractivity contribution in [2.45, 2.75) is 19.3 Å². The Morgan fingerprint density at radius 1 is 1.17 bits per heavy atom. The highest BCUT2D eigenvalue weighted by molar-refractivity contribution is 7.07. The minimum atomic E-state index is -0.248. The average molecular weight is 259 g/mol. The molecule has 1 aromatic heterocycles. The van der Waals surface area contributed by atoms with Gasteiger partial charge in [0.1, 0.15) is 0 Å². The first kappa shape index (κ1) is 11.3. The van der Waals surface area contributed by atoms with Crippen LogP contribution in [0.5, 0.6) is 0 Å². The monoisotopic (exact) mass is 259 g/mol. The largest absolute Gasteiger partial charge is 0.344 e. The van der Waals surface area contributed by atoms with Crippen LogP contribution in [0.1, 0.15) is 18.4 Å². The molecule has 0 atom stereocenters. The fourth-order valence-corrected chi connectivity index (χ4v) is 2.76. The van der Waals surface area contributed by atoms with E-state index >= 15 is 0 Å². The predicted octanol–water partition coefficient (Wildman–Crippen LogP) is 2.37. The van der Waals surface area contributed by atoms with Crippen molar-refractivity contribution in [1.29, 1.82) is 0 Å². The second-order valence-electron chi connectivity index (χ2n) is 4.30. The third-order valence-electron chi connectivity index (χ3n) is 3.14. The molecule has 5 heteroatoms. The van der Waals surface area contributed by atoms with E-state index in [1.165, 1.54) is 17.7 Å². The number of nitrogens with zero attached hydrogens (tertiary/aromatic N) is 3. The summed E-state index contributed by atoms with van der Waals surface area (Å²) in [6.45, 7) is 0.927. The number of fused-ring (bicyclic) bond motifs is 1. The summed E-state index contributed by atoms with van der Waals surface area (Å²) in [6, 6.07) is 8.37. The molecule has 0 amide bonds. The SMILES string of the molecule is O=c1nnc(N2CCCCc3ccccc32)cs1. The number of anilines is 2. The molecule has 92 valence electrons. The lowest BCUT2D eigenvalue weighted by molar-refractivity contribution is 0.755. The molecular formula is C13H13N3OS. The zero-order valence-corrected chi connectivity index (χ0v) is 10.7. The summed E-state index contributed by atoms with van der Waals surface area (Å²) in [7, 11) is 0. The molecule has 4 nitrogen and oxygen atoms in total. The molecule has 0 saturated heterocycles. The number of aryl methyl sites for hydroxylation is 1. The van der Waals surface area contributed by atoms with E-state index in [-0.39, 0.29) is 4.87 Å². The van der Waals surface area contributed by atoms with Crippen LogP contribution in [0.15, 0.2) is 34.4 Å². The zero-order chi connectivity index (χ0) is 12.4. The Kier molecular flexibility index (Phi) is 3.06. The van der Waals surface area contributed by atoms with Gasteiger partial charge in [-0.05, 0) is 30.9 Å². The standard InChI is InChI=1S/C13H13N3OS/c17-13-15-14-12(9-18-13)16-8-4-3-6-10-5-1-2-7-11(10)16/h1-2,5,7,9H,3-4,6,8H2. The molecule has 1 aliphatic rings. The van der Waals surface area contributed by atoms with E-state index < -0.39 is 0 Å². The molecule has 0 unspecified atom stereocenters. The maximum absolute atomic E-state index is 11.0. The zero-order valence-electron chi connectivity index (χ0n) is 9.87. The fraction of sp³-hybridized carbons (Fsp3) is 0.308. The van der Waals surface area contributed by atoms with Crippen LogP contribution < -0.4 is 9.77 Å². The van der Waals surface area contributed by atoms with Crippen molar-refractivity contribution in [2.75, 3.05) is 11.4 Å². The minimum absolute atomic E-state index is 0.248. The number of hydrogen-bond donors (Lipinski definition) is 0. The highest BCUT2D eigenvalue weighted by atomic mass is 32.1. The Balaban J connectivity index is 2.06. The number of aromatic nitrogens is 2. The minimum Gasteiger partial charge on any atom is -0.324 e. The van der Waals surface area contributed by atoms with E-state index in [1.807, 2.05) is 6.07 Å². The van der Waals surface area contributed by atoms with Gasteiger partial charge in [0.05, 0.1) is 0 Å². The molecular weight excluding hydrogens is 246 g/mol. The highest BCUT2D eigenvalue weighted by Crippen LogP contribution is 2.30. The molecule has 0 aliphatic carbocycles. The number of hydrogen-bond acceptors (Lipinski definition) is 5. The molecule has 3 rings (SSSR count). The van der Waals surface area contributed by atoms with E-state index in [4.69, 9.17) is 0 Å². The summed E-state index contributed by atoms with van der Waals surface area (Å²) in [5, 5.41) is 9.43. The average Bonchev–Trinajstić information content (AvgIpc) is 2.62. The third kappa shape index (κ3) is 2.13. The molecule has 18 heavy (non-hydrogen) atoms. The van der Waals surface area contributed by atoms with Gasteiger partial charge in [-0.25, -0.2) is 0 Å². The summed E-state index contributed by atoms with van der Waals surface area (Å²) in [5.41, 5.74) is 2.53. The van der Waals surface area contributed by atoms with Gasteiger partial charge in [-0.15, -0.1) is 5.10 Å². The Labute approximate surface area is 109 Å². The maximum Gasteiger partial charge on any atom is 0.344 e. The molecule has 1 aromatic carbocycles. The van der Waals surface area contributed by atoms with E-state index in [2.05, 4.69) is 33.3 Å². The quantitative estimate of drug-likeness (QED) is 0.788. The second kappa shape index (κ2) is 4.86. The smallest absolute Gasteiger partial charge is 0.324 e. The predicted molar refractivity (Wildman–Crippen MR) is 72.6 cm³/mol. The van der Waals surface area contributed by atoms with E-state index in [0.29, 0.717) is 0 Å². The fourth-order valence-electron chi connectivity index (χ4n) is 2.29. The molecule has 2 aromatic rings. The molecule has 1 aliphatic heterocycles. The van der Waals surface area contributed by atoms with Gasteiger partial charge in [0.15, 0.2) is 5.82 Å². The summed E-state index contributed by atoms with van der Waals surface area (Å²) in [5.74, 6) is 0.772. The maximum atomic E-state index is 11.0. The van der Waals surface area contributed by atoms with Crippen LogP contribution >= 0.6 is 11.3 Å². The molecule has 0 spiro atoms. The Hall–Kier alpha value is -1.75. The lowest BCUT2D eigenvalue weighted by Gasteiger charge is -2.22. The first-order chi connectivity index (χ1) is 8.84. The van der Waals surface area contributed by atoms with Gasteiger partial charge in [0.25, 0.3) is 0 Å². The molecule has 0 radical (unpaired) electrons. The Morgan fingerprint density at radius 3 is 2.89 bits per heavy atom. The van der Waals surface area contributed by atoms with Crippen LogP contribution in [-0.2, 0) is 6.42 Å². The van der Waals surface area contributed by atoms with E-state index in [0.717, 1.165) is 36.5 Å². The summed E-state index contributed by atoms with van der Waals surface area (Å²) in [4.78, 5) is 13.0. The van der Waals surface area contributed by atoms with Crippen LogP contribution in [0.25, 0.3) is 0 Å². The summed E-state index contributed by atoms with van der Waals surface area (Å²) < 4.78 is 0. The van der Waals surface area contributed by atoms with Crippen molar-refractivity contribution < 1.29 is 0 Å². The molecule has 0 N–H and O–H groups in total. The van der Waals surface area contributed by atoms with Gasteiger partial charge in [-0.2, -0.15) is 0 Å². The van der Waals surface area contributed by atoms with E-state index in [1.54, 1.807) is 5.38 Å². The molecule has 0 saturated carbocycles. The van der Waals surface area contributed by atoms with Crippen molar-refractivity contribution >= 4 is 22.8 Å². The second-order valence-corrected chi connectivity index (χ2v) is 5.12. The first-order valence-corrected chi connectivity index (χ1v) is 6.90. The van der Waals surface area contributed by atoms with Gasteiger partial charge >= 0.3 is 4.87 Å². The van der Waals surface area contributed by atoms with Crippen LogP contribution in [0.4, 0.5) is 11.5 Å². The normalized spacial score (nSPS) is 15.0. The van der Waals surface area contributed by atoms with Gasteiger partial charge < -0.3 is 4.90 Å². The third-order valence-corrected chi connectivity index (χ3v) is 3.75. The van der Waals surface area contributed by atoms with Gasteiger partial charge in [-0.3, -0.25) is 4.79 Å². The van der Waals surface area contributed by atoms with Gasteiger partial charge in [-0.1, -0.05) is 34.6 Å². The van der Waals surface area contributed by atoms with Crippen LogP contribution in [-0.4, -0.2) is 16.7 Å². The number of rotatable bonds is 1. The van der Waals surface area contributed by atoms with Crippen molar-refractivity contribution in [3.8, 4) is 0 Å². The van der Waals surface area contributed by atoms with Gasteiger partial charge in [0.2, 0.25) is 0 Å². The summed E-state index contributed by atoms with van der Waals surface area (Å²) in [6.07, 6.45) is 3.41. The van der Waals surface area contributed by atoms with Crippen molar-refractivity contribution in [2.24, 2.45) is 0 Å². The molecule has 0 fully saturated rings. The number of benzene rings is 1. The lowest BCUT2D eigenvalue weighted by Crippen LogP contribution is -2.20. The lowest BCUT2D eigenvalue weighted by atomic mass is 10.1. The Bertz CT molecular complexity index is 591. The van der Waals surface area contributed by atoms with Crippen molar-refractivity contribution in [1.82, 2.24) is 10.2 Å². The van der Waals surface area contributed by atoms with Gasteiger partial charge in [0, 0.05) is 17.6 Å². The van der Waals surface area contributed by atoms with Crippen LogP contribution in [0.3, 0.4) is 0 Å². The van der Waals surface area contributed by atoms with Crippen molar-refractivity contribution in [3.63, 3.8) is 0 Å². The first-order valence-electron chi connectivity index (χ1n) is 6.02. The Morgan fingerprint density at radius 2 is 2.06 bits per heavy atom. The highest BCUT2D eigenvalue weighted by Gasteiger charge is 2.17. The number of para-hydroxylation sites is 1. The molecule has 0 bridgehead atoms. The van der Waals surface area contributed by atoms with Crippen LogP contribution in [0.2, 0.25) is 0 Å². The van der Waals surface area contributed by atoms with Crippen molar-refractivity contribution in [3.05, 3.63) is 44.9 Å². The van der Waals surface area contributed by atoms with E-state index in [9.17, 15) is 4.79 Å². The topological polar surface area (TPSA) is 46.1 Å². The van der Waals surface area contributed by atoms with Crippen LogP contribution in [0, 0.1) is 0 Å².